The maximum Gasteiger partial charge on any atom is 0.315 e. The molecule has 122 valence electrons. The summed E-state index contributed by atoms with van der Waals surface area (Å²) in [6, 6.07) is 3.89. The molecular weight excluding hydrogens is 310 g/mol. The summed E-state index contributed by atoms with van der Waals surface area (Å²) in [4.78, 5) is 24.0. The van der Waals surface area contributed by atoms with Gasteiger partial charge in [-0.3, -0.25) is 0 Å². The van der Waals surface area contributed by atoms with E-state index < -0.39 is 0 Å². The highest BCUT2D eigenvalue weighted by molar-refractivity contribution is 7.10. The maximum atomic E-state index is 12.1. The molecule has 1 atom stereocenters. The first-order chi connectivity index (χ1) is 11.2. The predicted molar refractivity (Wildman–Crippen MR) is 91.7 cm³/mol. The summed E-state index contributed by atoms with van der Waals surface area (Å²) in [6.45, 7) is 4.31. The van der Waals surface area contributed by atoms with E-state index in [1.165, 1.54) is 10.4 Å². The Balaban J connectivity index is 1.49. The lowest BCUT2D eigenvalue weighted by atomic mass is 10.1. The van der Waals surface area contributed by atoms with Crippen molar-refractivity contribution in [1.82, 2.24) is 20.6 Å². The van der Waals surface area contributed by atoms with Crippen molar-refractivity contribution >= 4 is 23.3 Å². The van der Waals surface area contributed by atoms with E-state index in [1.807, 2.05) is 11.4 Å². The highest BCUT2D eigenvalue weighted by atomic mass is 32.1. The van der Waals surface area contributed by atoms with Crippen LogP contribution in [0.15, 0.2) is 29.9 Å². The van der Waals surface area contributed by atoms with Gasteiger partial charge in [-0.25, -0.2) is 14.8 Å². The van der Waals surface area contributed by atoms with E-state index in [4.69, 9.17) is 0 Å². The molecule has 0 aromatic carbocycles. The van der Waals surface area contributed by atoms with Crippen molar-refractivity contribution in [2.45, 2.75) is 32.4 Å². The first-order valence-corrected chi connectivity index (χ1v) is 8.69. The van der Waals surface area contributed by atoms with Gasteiger partial charge in [-0.05, 0) is 42.8 Å². The third-order valence-corrected chi connectivity index (χ3v) is 4.99. The van der Waals surface area contributed by atoms with Crippen LogP contribution in [0, 0.1) is 6.92 Å². The molecule has 2 N–H and O–H groups in total. The molecule has 0 radical (unpaired) electrons. The summed E-state index contributed by atoms with van der Waals surface area (Å²) in [5.41, 5.74) is 1.22. The molecule has 1 aliphatic heterocycles. The predicted octanol–water partition coefficient (Wildman–Crippen LogP) is 2.31. The Morgan fingerprint density at radius 2 is 2.26 bits per heavy atom. The third-order valence-electron chi connectivity index (χ3n) is 3.97. The number of amides is 2. The van der Waals surface area contributed by atoms with Crippen LogP contribution in [0.4, 0.5) is 10.7 Å². The smallest absolute Gasteiger partial charge is 0.315 e. The Bertz CT molecular complexity index is 645. The average Bonchev–Trinajstić information content (AvgIpc) is 2.99. The Hall–Kier alpha value is -2.15. The highest BCUT2D eigenvalue weighted by Crippen LogP contribution is 2.16. The minimum Gasteiger partial charge on any atom is -0.339 e. The summed E-state index contributed by atoms with van der Waals surface area (Å²) in [5, 5.41) is 8.04. The number of carbonyl (C=O) groups is 1. The van der Waals surface area contributed by atoms with Crippen LogP contribution in [0.5, 0.6) is 0 Å². The fourth-order valence-electron chi connectivity index (χ4n) is 2.71. The number of rotatable bonds is 4. The molecule has 7 heteroatoms. The SMILES string of the molecule is Cc1ccsc1CNC(=O)N[C@H]1CCCN(c2ncccn2)C1. The van der Waals surface area contributed by atoms with Gasteiger partial charge in [0.25, 0.3) is 0 Å². The molecule has 1 saturated heterocycles. The Morgan fingerprint density at radius 3 is 3.00 bits per heavy atom. The summed E-state index contributed by atoms with van der Waals surface area (Å²) in [5.74, 6) is 0.730. The Labute approximate surface area is 140 Å². The largest absolute Gasteiger partial charge is 0.339 e. The van der Waals surface area contributed by atoms with Gasteiger partial charge in [0, 0.05) is 36.4 Å². The van der Waals surface area contributed by atoms with Gasteiger partial charge in [0.05, 0.1) is 6.54 Å². The van der Waals surface area contributed by atoms with Crippen molar-refractivity contribution < 1.29 is 4.79 Å². The topological polar surface area (TPSA) is 70.2 Å². The van der Waals surface area contributed by atoms with Gasteiger partial charge >= 0.3 is 6.03 Å². The normalized spacial score (nSPS) is 17.8. The van der Waals surface area contributed by atoms with Gasteiger partial charge in [0.1, 0.15) is 0 Å². The molecule has 0 spiro atoms. The molecule has 23 heavy (non-hydrogen) atoms. The summed E-state index contributed by atoms with van der Waals surface area (Å²) < 4.78 is 0. The molecule has 2 aromatic rings. The third kappa shape index (κ3) is 4.19. The molecule has 0 aliphatic carbocycles. The molecule has 0 bridgehead atoms. The van der Waals surface area contributed by atoms with Gasteiger partial charge in [-0.2, -0.15) is 0 Å². The van der Waals surface area contributed by atoms with Crippen LogP contribution < -0.4 is 15.5 Å². The zero-order valence-electron chi connectivity index (χ0n) is 13.2. The second-order valence-corrected chi connectivity index (χ2v) is 6.69. The Morgan fingerprint density at radius 1 is 1.43 bits per heavy atom. The lowest BCUT2D eigenvalue weighted by molar-refractivity contribution is 0.234. The first-order valence-electron chi connectivity index (χ1n) is 7.81. The fourth-order valence-corrected chi connectivity index (χ4v) is 3.56. The molecule has 2 amide bonds. The van der Waals surface area contributed by atoms with Crippen molar-refractivity contribution in [3.05, 3.63) is 40.3 Å². The number of nitrogens with one attached hydrogen (secondary N) is 2. The lowest BCUT2D eigenvalue weighted by Crippen LogP contribution is -2.50. The van der Waals surface area contributed by atoms with Crippen LogP contribution >= 0.6 is 11.3 Å². The number of thiophene rings is 1. The van der Waals surface area contributed by atoms with Crippen LogP contribution in [0.3, 0.4) is 0 Å². The van der Waals surface area contributed by atoms with Gasteiger partial charge in [-0.1, -0.05) is 0 Å². The van der Waals surface area contributed by atoms with Crippen molar-refractivity contribution in [1.29, 1.82) is 0 Å². The minimum atomic E-state index is -0.112. The second-order valence-electron chi connectivity index (χ2n) is 5.69. The van der Waals surface area contributed by atoms with E-state index in [-0.39, 0.29) is 12.1 Å². The van der Waals surface area contributed by atoms with Gasteiger partial charge < -0.3 is 15.5 Å². The van der Waals surface area contributed by atoms with Gasteiger partial charge in [0.2, 0.25) is 5.95 Å². The molecule has 0 unspecified atom stereocenters. The van der Waals surface area contributed by atoms with Crippen molar-refractivity contribution in [3.8, 4) is 0 Å². The van der Waals surface area contributed by atoms with E-state index >= 15 is 0 Å². The number of urea groups is 1. The van der Waals surface area contributed by atoms with Crippen LogP contribution in [-0.2, 0) is 6.54 Å². The molecule has 6 nitrogen and oxygen atoms in total. The summed E-state index contributed by atoms with van der Waals surface area (Å²) in [6.07, 6.45) is 5.49. The molecule has 3 heterocycles. The number of aryl methyl sites for hydroxylation is 1. The maximum absolute atomic E-state index is 12.1. The molecule has 3 rings (SSSR count). The number of carbonyl (C=O) groups excluding carboxylic acids is 1. The monoisotopic (exact) mass is 331 g/mol. The van der Waals surface area contributed by atoms with E-state index in [0.29, 0.717) is 6.54 Å². The molecule has 1 fully saturated rings. The van der Waals surface area contributed by atoms with Crippen LogP contribution in [0.2, 0.25) is 0 Å². The van der Waals surface area contributed by atoms with Crippen molar-refractivity contribution in [2.24, 2.45) is 0 Å². The molecule has 1 aliphatic rings. The number of hydrogen-bond acceptors (Lipinski definition) is 5. The van der Waals surface area contributed by atoms with Gasteiger partial charge in [-0.15, -0.1) is 11.3 Å². The first kappa shape index (κ1) is 15.7. The van der Waals surface area contributed by atoms with E-state index in [0.717, 1.165) is 31.9 Å². The molecular formula is C16H21N5OS. The summed E-state index contributed by atoms with van der Waals surface area (Å²) >= 11 is 1.67. The number of piperidine rings is 1. The highest BCUT2D eigenvalue weighted by Gasteiger charge is 2.22. The second kappa shape index (κ2) is 7.41. The lowest BCUT2D eigenvalue weighted by Gasteiger charge is -2.33. The zero-order chi connectivity index (χ0) is 16.1. The van der Waals surface area contributed by atoms with E-state index in [1.54, 1.807) is 23.7 Å². The Kier molecular flexibility index (Phi) is 5.07. The van der Waals surface area contributed by atoms with Crippen LogP contribution in [-0.4, -0.2) is 35.1 Å². The zero-order valence-corrected chi connectivity index (χ0v) is 14.0. The fraction of sp³-hybridized carbons (Fsp3) is 0.438. The average molecular weight is 331 g/mol. The van der Waals surface area contributed by atoms with Crippen LogP contribution in [0.1, 0.15) is 23.3 Å². The quantitative estimate of drug-likeness (QED) is 0.902. The van der Waals surface area contributed by atoms with Gasteiger partial charge in [0.15, 0.2) is 0 Å². The van der Waals surface area contributed by atoms with Crippen molar-refractivity contribution in [3.63, 3.8) is 0 Å². The molecule has 2 aromatic heterocycles. The minimum absolute atomic E-state index is 0.112. The number of nitrogens with zero attached hydrogens (tertiary/aromatic N) is 3. The molecule has 0 saturated carbocycles. The number of aromatic nitrogens is 2. The standard InChI is InChI=1S/C16H21N5OS/c1-12-5-9-23-14(12)10-19-16(22)20-13-4-2-8-21(11-13)15-17-6-3-7-18-15/h3,5-7,9,13H,2,4,8,10-11H2,1H3,(H2,19,20,22)/t13-/m0/s1. The van der Waals surface area contributed by atoms with Crippen molar-refractivity contribution in [2.75, 3.05) is 18.0 Å². The van der Waals surface area contributed by atoms with Crippen LogP contribution in [0.25, 0.3) is 0 Å². The van der Waals surface area contributed by atoms with E-state index in [9.17, 15) is 4.79 Å². The number of hydrogen-bond donors (Lipinski definition) is 2. The summed E-state index contributed by atoms with van der Waals surface area (Å²) in [7, 11) is 0. The number of anilines is 1. The van der Waals surface area contributed by atoms with E-state index in [2.05, 4.69) is 38.5 Å².